The number of hydrogen-bond donors (Lipinski definition) is 2. The molecule has 1 aromatic heterocycles. The van der Waals surface area contributed by atoms with Crippen LogP contribution in [0.4, 0.5) is 0 Å². The van der Waals surface area contributed by atoms with Gasteiger partial charge in [0.05, 0.1) is 19.0 Å². The van der Waals surface area contributed by atoms with Crippen molar-refractivity contribution in [2.24, 2.45) is 4.99 Å². The predicted octanol–water partition coefficient (Wildman–Crippen LogP) is 1.82. The molecule has 2 heterocycles. The Hall–Kier alpha value is -1.94. The summed E-state index contributed by atoms with van der Waals surface area (Å²) in [7, 11) is -1.63. The summed E-state index contributed by atoms with van der Waals surface area (Å²) in [5.41, 5.74) is 1.76. The van der Waals surface area contributed by atoms with Crippen molar-refractivity contribution in [1.29, 1.82) is 0 Å². The molecule has 1 aliphatic heterocycles. The van der Waals surface area contributed by atoms with Crippen molar-refractivity contribution in [3.8, 4) is 0 Å². The van der Waals surface area contributed by atoms with Crippen molar-refractivity contribution in [3.63, 3.8) is 0 Å². The molecule has 7 nitrogen and oxygen atoms in total. The SMILES string of the molecule is CN=C(NCCc1cccs1)NCc1ccccc1CS(=O)(=O)N1CCOCC1. The largest absolute Gasteiger partial charge is 0.379 e. The Labute approximate surface area is 176 Å². The highest BCUT2D eigenvalue weighted by atomic mass is 32.2. The van der Waals surface area contributed by atoms with E-state index in [1.165, 1.54) is 9.18 Å². The Kier molecular flexibility index (Phi) is 8.05. The standard InChI is InChI=1S/C20H28N4O3S2/c1-21-20(22-9-8-19-7-4-14-28-19)23-15-17-5-2-3-6-18(17)16-29(25,26)24-10-12-27-13-11-24/h2-7,14H,8-13,15-16H2,1H3,(H2,21,22,23). The molecular formula is C20H28N4O3S2. The molecule has 0 bridgehead atoms. The molecule has 158 valence electrons. The summed E-state index contributed by atoms with van der Waals surface area (Å²) in [5, 5.41) is 8.66. The molecule has 2 N–H and O–H groups in total. The predicted molar refractivity (Wildman–Crippen MR) is 118 cm³/mol. The minimum Gasteiger partial charge on any atom is -0.379 e. The van der Waals surface area contributed by atoms with Gasteiger partial charge < -0.3 is 15.4 Å². The van der Waals surface area contributed by atoms with Crippen LogP contribution in [0.1, 0.15) is 16.0 Å². The number of ether oxygens (including phenoxy) is 1. The molecule has 3 rings (SSSR count). The summed E-state index contributed by atoms with van der Waals surface area (Å²) < 4.78 is 32.3. The van der Waals surface area contributed by atoms with Gasteiger partial charge in [0.15, 0.2) is 5.96 Å². The highest BCUT2D eigenvalue weighted by Crippen LogP contribution is 2.16. The van der Waals surface area contributed by atoms with Gasteiger partial charge in [0.25, 0.3) is 0 Å². The molecule has 9 heteroatoms. The van der Waals surface area contributed by atoms with Gasteiger partial charge in [0.2, 0.25) is 10.0 Å². The molecule has 29 heavy (non-hydrogen) atoms. The molecule has 0 unspecified atom stereocenters. The third-order valence-corrected chi connectivity index (χ3v) is 7.50. The average Bonchev–Trinajstić information content (AvgIpc) is 3.25. The van der Waals surface area contributed by atoms with Gasteiger partial charge >= 0.3 is 0 Å². The third kappa shape index (κ3) is 6.53. The maximum Gasteiger partial charge on any atom is 0.218 e. The van der Waals surface area contributed by atoms with E-state index in [9.17, 15) is 8.42 Å². The van der Waals surface area contributed by atoms with E-state index in [1.807, 2.05) is 24.3 Å². The topological polar surface area (TPSA) is 83.0 Å². The number of benzene rings is 1. The number of aliphatic imine (C=N–C) groups is 1. The summed E-state index contributed by atoms with van der Waals surface area (Å²) in [6.07, 6.45) is 0.937. The fourth-order valence-electron chi connectivity index (χ4n) is 3.14. The van der Waals surface area contributed by atoms with E-state index in [-0.39, 0.29) is 5.75 Å². The maximum atomic E-state index is 12.8. The van der Waals surface area contributed by atoms with Crippen molar-refractivity contribution < 1.29 is 13.2 Å². The zero-order chi connectivity index (χ0) is 20.5. The molecular weight excluding hydrogens is 408 g/mol. The van der Waals surface area contributed by atoms with Crippen LogP contribution in [0, 0.1) is 0 Å². The second-order valence-electron chi connectivity index (χ2n) is 6.72. The zero-order valence-corrected chi connectivity index (χ0v) is 18.3. The van der Waals surface area contributed by atoms with Gasteiger partial charge in [0, 0.05) is 38.1 Å². The second-order valence-corrected chi connectivity index (χ2v) is 9.72. The lowest BCUT2D eigenvalue weighted by Crippen LogP contribution is -2.41. The average molecular weight is 437 g/mol. The molecule has 1 aliphatic rings. The first kappa shape index (κ1) is 21.8. The smallest absolute Gasteiger partial charge is 0.218 e. The number of sulfonamides is 1. The summed E-state index contributed by atoms with van der Waals surface area (Å²) in [6, 6.07) is 11.8. The second kappa shape index (κ2) is 10.7. The number of nitrogens with zero attached hydrogens (tertiary/aromatic N) is 2. The Bertz CT molecular complexity index is 892. The van der Waals surface area contributed by atoms with Crippen LogP contribution in [0.3, 0.4) is 0 Å². The number of hydrogen-bond acceptors (Lipinski definition) is 5. The molecule has 0 aliphatic carbocycles. The van der Waals surface area contributed by atoms with E-state index in [2.05, 4.69) is 33.1 Å². The Balaban J connectivity index is 1.56. The van der Waals surface area contributed by atoms with E-state index in [1.54, 1.807) is 18.4 Å². The van der Waals surface area contributed by atoms with Crippen molar-refractivity contribution in [2.75, 3.05) is 39.9 Å². The number of guanidine groups is 1. The van der Waals surface area contributed by atoms with Gasteiger partial charge in [-0.3, -0.25) is 4.99 Å². The molecule has 1 aromatic carbocycles. The van der Waals surface area contributed by atoms with Crippen LogP contribution in [0.15, 0.2) is 46.8 Å². The van der Waals surface area contributed by atoms with E-state index >= 15 is 0 Å². The minimum atomic E-state index is -3.36. The zero-order valence-electron chi connectivity index (χ0n) is 16.6. The molecule has 0 saturated carbocycles. The van der Waals surface area contributed by atoms with E-state index < -0.39 is 10.0 Å². The number of nitrogens with one attached hydrogen (secondary N) is 2. The van der Waals surface area contributed by atoms with Gasteiger partial charge in [-0.1, -0.05) is 30.3 Å². The van der Waals surface area contributed by atoms with E-state index in [0.29, 0.717) is 38.8 Å². The van der Waals surface area contributed by atoms with Crippen molar-refractivity contribution in [2.45, 2.75) is 18.7 Å². The Morgan fingerprint density at radius 2 is 1.90 bits per heavy atom. The van der Waals surface area contributed by atoms with Gasteiger partial charge in [-0.2, -0.15) is 4.31 Å². The first-order valence-electron chi connectivity index (χ1n) is 9.68. The minimum absolute atomic E-state index is 0.00470. The summed E-state index contributed by atoms with van der Waals surface area (Å²) in [4.78, 5) is 5.58. The van der Waals surface area contributed by atoms with Crippen molar-refractivity contribution >= 4 is 27.3 Å². The number of morpholine rings is 1. The monoisotopic (exact) mass is 436 g/mol. The lowest BCUT2D eigenvalue weighted by molar-refractivity contribution is 0.0729. The van der Waals surface area contributed by atoms with Gasteiger partial charge in [-0.05, 0) is 29.0 Å². The van der Waals surface area contributed by atoms with Gasteiger partial charge in [-0.15, -0.1) is 11.3 Å². The normalized spacial score (nSPS) is 16.0. The first-order chi connectivity index (χ1) is 14.1. The van der Waals surface area contributed by atoms with E-state index in [4.69, 9.17) is 4.74 Å². The van der Waals surface area contributed by atoms with Crippen LogP contribution < -0.4 is 10.6 Å². The van der Waals surface area contributed by atoms with Crippen LogP contribution in [0.25, 0.3) is 0 Å². The van der Waals surface area contributed by atoms with Crippen molar-refractivity contribution in [1.82, 2.24) is 14.9 Å². The van der Waals surface area contributed by atoms with Gasteiger partial charge in [-0.25, -0.2) is 8.42 Å². The number of thiophene rings is 1. The van der Waals surface area contributed by atoms with Crippen LogP contribution in [0.5, 0.6) is 0 Å². The molecule has 2 aromatic rings. The quantitative estimate of drug-likeness (QED) is 0.487. The summed E-state index contributed by atoms with van der Waals surface area (Å²) in [5.74, 6) is 0.697. The maximum absolute atomic E-state index is 12.8. The van der Waals surface area contributed by atoms with Crippen LogP contribution in [-0.2, 0) is 33.5 Å². The summed E-state index contributed by atoms with van der Waals surface area (Å²) >= 11 is 1.74. The van der Waals surface area contributed by atoms with Crippen LogP contribution >= 0.6 is 11.3 Å². The third-order valence-electron chi connectivity index (χ3n) is 4.73. The van der Waals surface area contributed by atoms with E-state index in [0.717, 1.165) is 24.1 Å². The molecule has 0 atom stereocenters. The lowest BCUT2D eigenvalue weighted by Gasteiger charge is -2.26. The lowest BCUT2D eigenvalue weighted by atomic mass is 10.1. The fraction of sp³-hybridized carbons (Fsp3) is 0.450. The molecule has 1 fully saturated rings. The van der Waals surface area contributed by atoms with Gasteiger partial charge in [0.1, 0.15) is 0 Å². The molecule has 0 radical (unpaired) electrons. The first-order valence-corrected chi connectivity index (χ1v) is 12.2. The van der Waals surface area contributed by atoms with Crippen LogP contribution in [0.2, 0.25) is 0 Å². The fourth-order valence-corrected chi connectivity index (χ4v) is 5.41. The Morgan fingerprint density at radius 3 is 2.59 bits per heavy atom. The van der Waals surface area contributed by atoms with Crippen molar-refractivity contribution in [3.05, 3.63) is 57.8 Å². The molecule has 0 spiro atoms. The highest BCUT2D eigenvalue weighted by Gasteiger charge is 2.25. The number of rotatable bonds is 8. The molecule has 1 saturated heterocycles. The Morgan fingerprint density at radius 1 is 1.14 bits per heavy atom. The molecule has 0 amide bonds. The van der Waals surface area contributed by atoms with Crippen LogP contribution in [-0.4, -0.2) is 58.6 Å². The highest BCUT2D eigenvalue weighted by molar-refractivity contribution is 7.88. The summed E-state index contributed by atoms with van der Waals surface area (Å²) in [6.45, 7) is 3.04.